The lowest BCUT2D eigenvalue weighted by molar-refractivity contribution is 0.981. The van der Waals surface area contributed by atoms with Crippen LogP contribution in [-0.2, 0) is 0 Å². The van der Waals surface area contributed by atoms with Crippen molar-refractivity contribution in [1.29, 1.82) is 5.26 Å². The molecule has 1 heteroatoms. The summed E-state index contributed by atoms with van der Waals surface area (Å²) in [5.41, 5.74) is 2.24. The summed E-state index contributed by atoms with van der Waals surface area (Å²) in [5.74, 6) is 0. The van der Waals surface area contributed by atoms with Crippen molar-refractivity contribution in [2.24, 2.45) is 0 Å². The lowest BCUT2D eigenvalue weighted by Gasteiger charge is -2.00. The number of rotatable bonds is 1. The van der Waals surface area contributed by atoms with Crippen molar-refractivity contribution in [3.63, 3.8) is 0 Å². The fourth-order valence-electron chi connectivity index (χ4n) is 1.21. The SMILES string of the molecule is CC.CC.CCC1=C/CC/C(C#N)=C/C=C\1. The van der Waals surface area contributed by atoms with Crippen molar-refractivity contribution < 1.29 is 0 Å². The molecule has 0 spiro atoms. The fourth-order valence-corrected chi connectivity index (χ4v) is 1.21. The molecule has 0 aromatic heterocycles. The first-order valence-corrected chi connectivity index (χ1v) is 6.33. The van der Waals surface area contributed by atoms with Crippen LogP contribution in [0.15, 0.2) is 35.5 Å². The Balaban J connectivity index is 0. The maximum absolute atomic E-state index is 8.66. The van der Waals surface area contributed by atoms with Crippen LogP contribution in [0.25, 0.3) is 0 Å². The Hall–Kier alpha value is -1.29. The van der Waals surface area contributed by atoms with E-state index in [1.54, 1.807) is 0 Å². The van der Waals surface area contributed by atoms with E-state index in [0.29, 0.717) is 0 Å². The maximum atomic E-state index is 8.66. The first-order chi connectivity index (χ1) is 7.86. The molecule has 90 valence electrons. The van der Waals surface area contributed by atoms with Crippen LogP contribution in [0.4, 0.5) is 0 Å². The number of hydrogen-bond donors (Lipinski definition) is 0. The highest BCUT2D eigenvalue weighted by Crippen LogP contribution is 2.13. The third-order valence-electron chi connectivity index (χ3n) is 1.98. The van der Waals surface area contributed by atoms with Gasteiger partial charge in [0.15, 0.2) is 0 Å². The van der Waals surface area contributed by atoms with Crippen LogP contribution in [-0.4, -0.2) is 0 Å². The predicted molar refractivity (Wildman–Crippen MR) is 73.1 cm³/mol. The Kier molecular flexibility index (Phi) is 14.7. The molecule has 16 heavy (non-hydrogen) atoms. The zero-order valence-electron chi connectivity index (χ0n) is 11.4. The summed E-state index contributed by atoms with van der Waals surface area (Å²) in [4.78, 5) is 0. The average molecular weight is 219 g/mol. The van der Waals surface area contributed by atoms with Crippen LogP contribution in [0.5, 0.6) is 0 Å². The van der Waals surface area contributed by atoms with Gasteiger partial charge in [0.2, 0.25) is 0 Å². The largest absolute Gasteiger partial charge is 0.193 e. The molecule has 1 nitrogen and oxygen atoms in total. The molecule has 1 aliphatic carbocycles. The molecule has 0 saturated heterocycles. The van der Waals surface area contributed by atoms with E-state index < -0.39 is 0 Å². The molecule has 0 bridgehead atoms. The van der Waals surface area contributed by atoms with Crippen molar-refractivity contribution in [2.75, 3.05) is 0 Å². The summed E-state index contributed by atoms with van der Waals surface area (Å²) in [5, 5.41) is 8.66. The Morgan fingerprint density at radius 2 is 1.88 bits per heavy atom. The third-order valence-corrected chi connectivity index (χ3v) is 1.98. The van der Waals surface area contributed by atoms with Gasteiger partial charge in [-0.25, -0.2) is 0 Å². The summed E-state index contributed by atoms with van der Waals surface area (Å²) in [6.07, 6.45) is 11.1. The number of allylic oxidation sites excluding steroid dienone is 6. The van der Waals surface area contributed by atoms with Gasteiger partial charge in [-0.2, -0.15) is 5.26 Å². The molecule has 0 saturated carbocycles. The van der Waals surface area contributed by atoms with Crippen LogP contribution in [0.1, 0.15) is 53.9 Å². The van der Waals surface area contributed by atoms with Crippen LogP contribution in [0.2, 0.25) is 0 Å². The molecule has 1 aliphatic rings. The second kappa shape index (κ2) is 13.7. The van der Waals surface area contributed by atoms with Gasteiger partial charge in [0.25, 0.3) is 0 Å². The lowest BCUT2D eigenvalue weighted by Crippen LogP contribution is -1.83. The second-order valence-electron chi connectivity index (χ2n) is 2.83. The molecule has 0 atom stereocenters. The topological polar surface area (TPSA) is 23.8 Å². The van der Waals surface area contributed by atoms with Crippen molar-refractivity contribution in [2.45, 2.75) is 53.9 Å². The molecular weight excluding hydrogens is 194 g/mol. The lowest BCUT2D eigenvalue weighted by atomic mass is 10.0. The smallest absolute Gasteiger partial charge is 0.0947 e. The van der Waals surface area contributed by atoms with Gasteiger partial charge in [-0.05, 0) is 25.3 Å². The van der Waals surface area contributed by atoms with Gasteiger partial charge in [-0.15, -0.1) is 0 Å². The second-order valence-corrected chi connectivity index (χ2v) is 2.83. The van der Waals surface area contributed by atoms with Crippen molar-refractivity contribution in [3.05, 3.63) is 35.5 Å². The van der Waals surface area contributed by atoms with Gasteiger partial charge >= 0.3 is 0 Å². The standard InChI is InChI=1S/C11H13N.2C2H6/c1-2-10-5-3-7-11(9-12)8-4-6-10;2*1-2/h3,5-7H,2,4,8H2,1H3;2*1-2H3/b5-3-,10-6-,11-7-;;. The summed E-state index contributed by atoms with van der Waals surface area (Å²) >= 11 is 0. The van der Waals surface area contributed by atoms with Gasteiger partial charge in [0.1, 0.15) is 0 Å². The summed E-state index contributed by atoms with van der Waals surface area (Å²) < 4.78 is 0. The first kappa shape index (κ1) is 17.1. The van der Waals surface area contributed by atoms with Crippen LogP contribution in [0, 0.1) is 11.3 Å². The molecule has 0 N–H and O–H groups in total. The zero-order chi connectivity index (χ0) is 12.8. The summed E-state index contributed by atoms with van der Waals surface area (Å²) in [6, 6.07) is 2.19. The van der Waals surface area contributed by atoms with E-state index >= 15 is 0 Å². The Morgan fingerprint density at radius 3 is 2.38 bits per heavy atom. The van der Waals surface area contributed by atoms with Gasteiger partial charge in [0.05, 0.1) is 6.07 Å². The van der Waals surface area contributed by atoms with E-state index in [2.05, 4.69) is 25.1 Å². The quantitative estimate of drug-likeness (QED) is 0.596. The van der Waals surface area contributed by atoms with E-state index in [0.717, 1.165) is 24.8 Å². The molecule has 0 aliphatic heterocycles. The molecule has 0 heterocycles. The third kappa shape index (κ3) is 8.05. The Labute approximate surface area is 101 Å². The average Bonchev–Trinajstić information content (AvgIpc) is 2.34. The number of nitriles is 1. The summed E-state index contributed by atoms with van der Waals surface area (Å²) in [7, 11) is 0. The highest BCUT2D eigenvalue weighted by molar-refractivity contribution is 5.32. The van der Waals surface area contributed by atoms with Crippen LogP contribution < -0.4 is 0 Å². The van der Waals surface area contributed by atoms with Gasteiger partial charge in [-0.3, -0.25) is 0 Å². The molecular formula is C15H25N. The van der Waals surface area contributed by atoms with E-state index in [-0.39, 0.29) is 0 Å². The van der Waals surface area contributed by atoms with Crippen LogP contribution >= 0.6 is 0 Å². The molecule has 0 radical (unpaired) electrons. The van der Waals surface area contributed by atoms with Crippen LogP contribution in [0.3, 0.4) is 0 Å². The van der Waals surface area contributed by atoms with E-state index in [9.17, 15) is 0 Å². The Bertz CT molecular complexity index is 274. The fraction of sp³-hybridized carbons (Fsp3) is 0.533. The highest BCUT2D eigenvalue weighted by atomic mass is 14.2. The van der Waals surface area contributed by atoms with Crippen molar-refractivity contribution in [1.82, 2.24) is 0 Å². The molecule has 0 aromatic rings. The normalized spacial score (nSPS) is 22.0. The van der Waals surface area contributed by atoms with Crippen molar-refractivity contribution >= 4 is 0 Å². The maximum Gasteiger partial charge on any atom is 0.0947 e. The number of nitrogens with zero attached hydrogens (tertiary/aromatic N) is 1. The van der Waals surface area contributed by atoms with E-state index in [1.807, 2.05) is 39.8 Å². The van der Waals surface area contributed by atoms with E-state index in [4.69, 9.17) is 5.26 Å². The molecule has 0 unspecified atom stereocenters. The van der Waals surface area contributed by atoms with Crippen molar-refractivity contribution in [3.8, 4) is 6.07 Å². The van der Waals surface area contributed by atoms with Gasteiger partial charge in [-0.1, -0.05) is 58.4 Å². The molecule has 1 rings (SSSR count). The minimum atomic E-state index is 0.873. The molecule has 0 amide bonds. The minimum absolute atomic E-state index is 0.873. The monoisotopic (exact) mass is 219 g/mol. The number of hydrogen-bond acceptors (Lipinski definition) is 1. The minimum Gasteiger partial charge on any atom is -0.193 e. The summed E-state index contributed by atoms with van der Waals surface area (Å²) in [6.45, 7) is 10.1. The van der Waals surface area contributed by atoms with Gasteiger partial charge < -0.3 is 0 Å². The highest BCUT2D eigenvalue weighted by Gasteiger charge is 1.96. The molecule has 0 fully saturated rings. The van der Waals surface area contributed by atoms with E-state index in [1.165, 1.54) is 5.57 Å². The zero-order valence-corrected chi connectivity index (χ0v) is 11.4. The Morgan fingerprint density at radius 1 is 1.25 bits per heavy atom. The van der Waals surface area contributed by atoms with Gasteiger partial charge in [0, 0.05) is 5.57 Å². The molecule has 0 aromatic carbocycles. The first-order valence-electron chi connectivity index (χ1n) is 6.33. The predicted octanol–water partition coefficient (Wildman–Crippen LogP) is 5.18.